The molecule has 2 aromatic heterocycles. The van der Waals surface area contributed by atoms with Crippen LogP contribution < -0.4 is 10.6 Å². The molecule has 0 atom stereocenters. The first-order chi connectivity index (χ1) is 13.6. The van der Waals surface area contributed by atoms with Crippen LogP contribution in [0.3, 0.4) is 0 Å². The maximum Gasteiger partial charge on any atom is 0.254 e. The van der Waals surface area contributed by atoms with Crippen LogP contribution in [0.5, 0.6) is 0 Å². The predicted molar refractivity (Wildman–Crippen MR) is 108 cm³/mol. The summed E-state index contributed by atoms with van der Waals surface area (Å²) >= 11 is 0. The van der Waals surface area contributed by atoms with Gasteiger partial charge in [0.1, 0.15) is 0 Å². The molecule has 140 valence electrons. The van der Waals surface area contributed by atoms with Crippen molar-refractivity contribution in [3.05, 3.63) is 77.7 Å². The van der Waals surface area contributed by atoms with Gasteiger partial charge in [-0.15, -0.1) is 0 Å². The molecular formula is C21H20N6O. The Bertz CT molecular complexity index is 1120. The van der Waals surface area contributed by atoms with E-state index in [0.717, 1.165) is 27.8 Å². The van der Waals surface area contributed by atoms with E-state index in [9.17, 15) is 4.79 Å². The highest BCUT2D eigenvalue weighted by Crippen LogP contribution is 2.19. The van der Waals surface area contributed by atoms with E-state index in [1.807, 2.05) is 55.1 Å². The molecule has 4 aromatic rings. The second-order valence-electron chi connectivity index (χ2n) is 6.56. The van der Waals surface area contributed by atoms with Gasteiger partial charge in [0.15, 0.2) is 0 Å². The Kier molecular flexibility index (Phi) is 4.72. The monoisotopic (exact) mass is 372 g/mol. The number of hydrogen-bond acceptors (Lipinski definition) is 5. The van der Waals surface area contributed by atoms with Crippen LogP contribution in [0.25, 0.3) is 10.9 Å². The number of fused-ring (bicyclic) bond motifs is 1. The van der Waals surface area contributed by atoms with Gasteiger partial charge in [-0.05, 0) is 31.2 Å². The van der Waals surface area contributed by atoms with Crippen LogP contribution in [-0.4, -0.2) is 25.7 Å². The van der Waals surface area contributed by atoms with E-state index in [0.29, 0.717) is 18.1 Å². The van der Waals surface area contributed by atoms with Crippen LogP contribution in [0.15, 0.2) is 60.9 Å². The van der Waals surface area contributed by atoms with Crippen molar-refractivity contribution < 1.29 is 4.79 Å². The fourth-order valence-electron chi connectivity index (χ4n) is 3.01. The molecule has 2 aromatic carbocycles. The van der Waals surface area contributed by atoms with Gasteiger partial charge >= 0.3 is 0 Å². The second-order valence-corrected chi connectivity index (χ2v) is 6.56. The molecule has 0 aliphatic carbocycles. The van der Waals surface area contributed by atoms with Crippen molar-refractivity contribution in [2.24, 2.45) is 7.05 Å². The number of rotatable bonds is 5. The molecule has 28 heavy (non-hydrogen) atoms. The quantitative estimate of drug-likeness (QED) is 0.561. The molecular weight excluding hydrogens is 352 g/mol. The third-order valence-corrected chi connectivity index (χ3v) is 4.44. The van der Waals surface area contributed by atoms with Gasteiger partial charge in [-0.2, -0.15) is 5.10 Å². The van der Waals surface area contributed by atoms with Gasteiger partial charge in [0.2, 0.25) is 5.95 Å². The molecule has 0 radical (unpaired) electrons. The molecule has 2 heterocycles. The topological polar surface area (TPSA) is 84.7 Å². The zero-order valence-electron chi connectivity index (χ0n) is 15.7. The zero-order chi connectivity index (χ0) is 19.5. The van der Waals surface area contributed by atoms with Gasteiger partial charge in [-0.3, -0.25) is 9.48 Å². The number of para-hydroxylation sites is 1. The molecule has 0 bridgehead atoms. The predicted octanol–water partition coefficient (Wildman–Crippen LogP) is 3.35. The maximum atomic E-state index is 12.5. The zero-order valence-corrected chi connectivity index (χ0v) is 15.7. The van der Waals surface area contributed by atoms with Crippen LogP contribution in [0.4, 0.5) is 11.6 Å². The number of carbonyl (C=O) groups is 1. The number of hydrogen-bond donors (Lipinski definition) is 2. The molecule has 7 nitrogen and oxygen atoms in total. The van der Waals surface area contributed by atoms with Crippen LogP contribution in [0, 0.1) is 6.92 Å². The van der Waals surface area contributed by atoms with Crippen LogP contribution in [0.2, 0.25) is 0 Å². The average molecular weight is 372 g/mol. The summed E-state index contributed by atoms with van der Waals surface area (Å²) in [6.07, 6.45) is 3.02. The minimum atomic E-state index is -0.238. The molecule has 0 spiro atoms. The number of amides is 1. The summed E-state index contributed by atoms with van der Waals surface area (Å²) in [4.78, 5) is 20.9. The number of anilines is 2. The smallest absolute Gasteiger partial charge is 0.254 e. The first kappa shape index (κ1) is 17.7. The summed E-state index contributed by atoms with van der Waals surface area (Å²) in [6, 6.07) is 15.8. The summed E-state index contributed by atoms with van der Waals surface area (Å²) in [6.45, 7) is 2.38. The Balaban J connectivity index is 1.43. The largest absolute Gasteiger partial charge is 0.346 e. The van der Waals surface area contributed by atoms with E-state index < -0.39 is 0 Å². The third kappa shape index (κ3) is 3.68. The minimum Gasteiger partial charge on any atom is -0.346 e. The number of benzene rings is 2. The van der Waals surface area contributed by atoms with E-state index in [2.05, 4.69) is 37.8 Å². The van der Waals surface area contributed by atoms with Gasteiger partial charge < -0.3 is 10.6 Å². The lowest BCUT2D eigenvalue weighted by atomic mass is 10.1. The molecule has 0 aliphatic rings. The highest BCUT2D eigenvalue weighted by molar-refractivity contribution is 5.94. The standard InChI is InChI=1S/C21H20N6O/c1-14-8-9-19-17(10-14)18(26-27(19)2)13-22-20(28)15-11-23-21(24-12-15)25-16-6-4-3-5-7-16/h3-12H,13H2,1-2H3,(H,22,28)(H,23,24,25). The highest BCUT2D eigenvalue weighted by Gasteiger charge is 2.12. The van der Waals surface area contributed by atoms with Crippen LogP contribution >= 0.6 is 0 Å². The highest BCUT2D eigenvalue weighted by atomic mass is 16.1. The first-order valence-corrected chi connectivity index (χ1v) is 8.95. The van der Waals surface area contributed by atoms with Crippen molar-refractivity contribution in [2.45, 2.75) is 13.5 Å². The molecule has 2 N–H and O–H groups in total. The van der Waals surface area contributed by atoms with Gasteiger partial charge in [0.05, 0.1) is 23.3 Å². The third-order valence-electron chi connectivity index (χ3n) is 4.44. The van der Waals surface area contributed by atoms with Crippen molar-refractivity contribution in [1.82, 2.24) is 25.1 Å². The Morgan fingerprint density at radius 2 is 1.82 bits per heavy atom. The van der Waals surface area contributed by atoms with Crippen molar-refractivity contribution in [2.75, 3.05) is 5.32 Å². The normalized spacial score (nSPS) is 10.8. The lowest BCUT2D eigenvalue weighted by Gasteiger charge is -2.06. The van der Waals surface area contributed by atoms with Gasteiger partial charge in [-0.1, -0.05) is 29.8 Å². The average Bonchev–Trinajstić information content (AvgIpc) is 3.02. The summed E-state index contributed by atoms with van der Waals surface area (Å²) < 4.78 is 1.82. The molecule has 0 saturated heterocycles. The van der Waals surface area contributed by atoms with E-state index in [4.69, 9.17) is 0 Å². The summed E-state index contributed by atoms with van der Waals surface area (Å²) in [5.74, 6) is 0.201. The van der Waals surface area contributed by atoms with Crippen LogP contribution in [-0.2, 0) is 13.6 Å². The Morgan fingerprint density at radius 1 is 1.07 bits per heavy atom. The number of nitrogens with one attached hydrogen (secondary N) is 2. The summed E-state index contributed by atoms with van der Waals surface area (Å²) in [7, 11) is 1.90. The molecule has 4 rings (SSSR count). The maximum absolute atomic E-state index is 12.5. The Labute approximate surface area is 162 Å². The number of aryl methyl sites for hydroxylation is 2. The lowest BCUT2D eigenvalue weighted by molar-refractivity contribution is 0.0950. The van der Waals surface area contributed by atoms with E-state index in [1.54, 1.807) is 0 Å². The fraction of sp³-hybridized carbons (Fsp3) is 0.143. The molecule has 0 aliphatic heterocycles. The van der Waals surface area contributed by atoms with Crippen LogP contribution in [0.1, 0.15) is 21.6 Å². The van der Waals surface area contributed by atoms with E-state index in [-0.39, 0.29) is 5.91 Å². The molecule has 7 heteroatoms. The number of aromatic nitrogens is 4. The summed E-state index contributed by atoms with van der Waals surface area (Å²) in [5.41, 5.74) is 4.31. The molecule has 0 unspecified atom stereocenters. The van der Waals surface area contributed by atoms with Gasteiger partial charge in [-0.25, -0.2) is 9.97 Å². The molecule has 1 amide bonds. The minimum absolute atomic E-state index is 0.238. The second kappa shape index (κ2) is 7.48. The van der Waals surface area contributed by atoms with E-state index in [1.165, 1.54) is 12.4 Å². The fourth-order valence-corrected chi connectivity index (χ4v) is 3.01. The molecule has 0 fully saturated rings. The Morgan fingerprint density at radius 3 is 2.57 bits per heavy atom. The molecule has 0 saturated carbocycles. The SMILES string of the molecule is Cc1ccc2c(c1)c(CNC(=O)c1cnc(Nc3ccccc3)nc1)nn2C. The first-order valence-electron chi connectivity index (χ1n) is 8.95. The number of carbonyl (C=O) groups excluding carboxylic acids is 1. The van der Waals surface area contributed by atoms with E-state index >= 15 is 0 Å². The number of nitrogens with zero attached hydrogens (tertiary/aromatic N) is 4. The van der Waals surface area contributed by atoms with Crippen molar-refractivity contribution in [1.29, 1.82) is 0 Å². The van der Waals surface area contributed by atoms with Crippen molar-refractivity contribution in [3.8, 4) is 0 Å². The van der Waals surface area contributed by atoms with Gasteiger partial charge in [0.25, 0.3) is 5.91 Å². The Hall–Kier alpha value is -3.74. The van der Waals surface area contributed by atoms with Gasteiger partial charge in [0, 0.05) is 30.5 Å². The summed E-state index contributed by atoms with van der Waals surface area (Å²) in [5, 5.41) is 11.5. The van der Waals surface area contributed by atoms with Crippen molar-refractivity contribution in [3.63, 3.8) is 0 Å². The van der Waals surface area contributed by atoms with Crippen molar-refractivity contribution >= 4 is 28.4 Å². The lowest BCUT2D eigenvalue weighted by Crippen LogP contribution is -2.23.